The molecule has 0 spiro atoms. The van der Waals surface area contributed by atoms with Gasteiger partial charge < -0.3 is 10.6 Å². The number of nitrogens with zero attached hydrogens (tertiary/aromatic N) is 4. The molecule has 2 aliphatic carbocycles. The minimum atomic E-state index is -4.08. The summed E-state index contributed by atoms with van der Waals surface area (Å²) >= 11 is 1.57. The molecule has 0 radical (unpaired) electrons. The highest BCUT2D eigenvalue weighted by atomic mass is 32.3. The quantitative estimate of drug-likeness (QED) is 0.0267. The van der Waals surface area contributed by atoms with Gasteiger partial charge in [-0.15, -0.1) is 16.6 Å². The van der Waals surface area contributed by atoms with Crippen LogP contribution in [0.15, 0.2) is 117 Å². The molecule has 67 heavy (non-hydrogen) atoms. The minimum absolute atomic E-state index is 0.0419. The molecule has 4 aromatic rings. The van der Waals surface area contributed by atoms with Crippen LogP contribution >= 0.6 is 11.8 Å². The maximum absolute atomic E-state index is 12.9. The van der Waals surface area contributed by atoms with Crippen LogP contribution in [0.2, 0.25) is 0 Å². The molecule has 4 aromatic carbocycles. The second-order valence-electron chi connectivity index (χ2n) is 16.6. The Kier molecular flexibility index (Phi) is 19.4. The number of ketones is 1. The van der Waals surface area contributed by atoms with E-state index in [-0.39, 0.29) is 22.1 Å². The third kappa shape index (κ3) is 13.8. The van der Waals surface area contributed by atoms with E-state index in [9.17, 15) is 38.5 Å². The van der Waals surface area contributed by atoms with Crippen molar-refractivity contribution in [1.82, 2.24) is 0 Å². The van der Waals surface area contributed by atoms with Gasteiger partial charge in [0.1, 0.15) is 15.7 Å². The molecule has 15 nitrogen and oxygen atoms in total. The lowest BCUT2D eigenvalue weighted by atomic mass is 10.0. The number of carbonyl (C=O) groups is 1. The number of thioether (sulfide) groups is 1. The van der Waals surface area contributed by atoms with Gasteiger partial charge in [-0.1, -0.05) is 115 Å². The van der Waals surface area contributed by atoms with Gasteiger partial charge in [0.2, 0.25) is 0 Å². The van der Waals surface area contributed by atoms with Gasteiger partial charge in [0, 0.05) is 16.0 Å². The van der Waals surface area contributed by atoms with Gasteiger partial charge in [0.15, 0.2) is 21.3 Å². The van der Waals surface area contributed by atoms with E-state index in [1.54, 1.807) is 90.6 Å². The molecule has 0 unspecified atom stereocenters. The van der Waals surface area contributed by atoms with Crippen molar-refractivity contribution in [1.29, 1.82) is 5.26 Å². The summed E-state index contributed by atoms with van der Waals surface area (Å²) in [5, 5.41) is 20.1. The molecule has 360 valence electrons. The van der Waals surface area contributed by atoms with Gasteiger partial charge in [-0.25, -0.2) is 25.3 Å². The second-order valence-corrected chi connectivity index (χ2v) is 26.1. The Morgan fingerprint density at radius 2 is 1.15 bits per heavy atom. The fourth-order valence-electron chi connectivity index (χ4n) is 7.28. The van der Waals surface area contributed by atoms with E-state index in [4.69, 9.17) is 15.9 Å². The number of rotatable bonds is 12. The molecule has 6 rings (SSSR count). The molecule has 20 heteroatoms. The Labute approximate surface area is 399 Å². The number of hydrogen-bond acceptors (Lipinski definition) is 14. The average Bonchev–Trinajstić information content (AvgIpc) is 3.33. The molecule has 2 fully saturated rings. The normalized spacial score (nSPS) is 15.3. The molecule has 0 bridgehead atoms. The highest BCUT2D eigenvalue weighted by molar-refractivity contribution is 8.31. The van der Waals surface area contributed by atoms with Crippen LogP contribution in [-0.2, 0) is 50.5 Å². The number of aliphatic hydroxyl groups is 1. The van der Waals surface area contributed by atoms with Gasteiger partial charge >= 0.3 is 14.5 Å². The number of aliphatic hydroxyl groups excluding tert-OH is 1. The molecule has 1 N–H and O–H groups in total. The van der Waals surface area contributed by atoms with Crippen molar-refractivity contribution in [3.63, 3.8) is 0 Å². The van der Waals surface area contributed by atoms with E-state index in [0.29, 0.717) is 42.4 Å². The Balaban J connectivity index is 0.000000220. The highest BCUT2D eigenvalue weighted by Crippen LogP contribution is 2.32. The first-order valence-electron chi connectivity index (χ1n) is 21.5. The maximum Gasteiger partial charge on any atom is 0.495 e. The van der Waals surface area contributed by atoms with Crippen LogP contribution in [0.3, 0.4) is 0 Å². The third-order valence-corrected chi connectivity index (χ3v) is 21.0. The van der Waals surface area contributed by atoms with Crippen LogP contribution in [0.5, 0.6) is 0 Å². The lowest BCUT2D eigenvalue weighted by Gasteiger charge is -2.23. The smallest absolute Gasteiger partial charge is 0.392 e. The lowest BCUT2D eigenvalue weighted by molar-refractivity contribution is 0.00359. The molecule has 0 amide bonds. The zero-order valence-corrected chi connectivity index (χ0v) is 42.1. The van der Waals surface area contributed by atoms with Crippen molar-refractivity contribution in [2.45, 2.75) is 128 Å². The maximum atomic E-state index is 12.9. The Bertz CT molecular complexity index is 2860. The third-order valence-electron chi connectivity index (χ3n) is 11.5. The summed E-state index contributed by atoms with van der Waals surface area (Å²) in [5.41, 5.74) is 12.3. The highest BCUT2D eigenvalue weighted by Gasteiger charge is 2.50. The average molecular weight is 1010 g/mol. The molecule has 0 heterocycles. The van der Waals surface area contributed by atoms with Crippen molar-refractivity contribution < 1.29 is 52.6 Å². The number of carbonyl (C=O) groups excluding carboxylic acids is 1. The van der Waals surface area contributed by atoms with E-state index in [0.717, 1.165) is 54.5 Å². The summed E-state index contributed by atoms with van der Waals surface area (Å²) in [6, 6.07) is 27.8. The first-order valence-corrected chi connectivity index (χ1v) is 28.7. The summed E-state index contributed by atoms with van der Waals surface area (Å²) in [7, 11) is -16.0. The van der Waals surface area contributed by atoms with Crippen LogP contribution in [0, 0.1) is 25.2 Å². The predicted molar refractivity (Wildman–Crippen MR) is 259 cm³/mol. The number of aryl methyl sites for hydroxylation is 2. The monoisotopic (exact) mass is 1010 g/mol. The van der Waals surface area contributed by atoms with E-state index < -0.39 is 65.0 Å². The van der Waals surface area contributed by atoms with Crippen molar-refractivity contribution in [2.24, 2.45) is 5.16 Å². The molecule has 2 aliphatic rings. The summed E-state index contributed by atoms with van der Waals surface area (Å²) in [4.78, 5) is 16.6. The number of hydrogen-bond donors (Lipinski definition) is 1. The van der Waals surface area contributed by atoms with Crippen molar-refractivity contribution in [3.8, 4) is 6.07 Å². The van der Waals surface area contributed by atoms with E-state index in [2.05, 4.69) is 14.2 Å². The fourth-order valence-corrected chi connectivity index (χ4v) is 14.7. The zero-order valence-electron chi connectivity index (χ0n) is 38.0. The fraction of sp³-hybridized carbons (Fsp3) is 0.404. The van der Waals surface area contributed by atoms with Gasteiger partial charge in [-0.3, -0.25) is 9.08 Å². The SMILES string of the molecule is CSc1ccc(C(=O)C(C)(C)S(=O)(=O)c2ccc(C)cc2)cc1.Cc1ccc(S(=O)(=O)O/N=C(\C#N)c2ccc(CO)cc2)cc1.[N-]=[N+]=C(S(=O)(=O)C1CCCCC1)S(=O)(=O)C1CCCCC1. The Morgan fingerprint density at radius 1 is 0.716 bits per heavy atom. The number of Topliss-reactive ketones (excluding diaryl/α,β-unsaturated/α-hetero) is 1. The van der Waals surface area contributed by atoms with E-state index in [1.807, 2.05) is 32.2 Å². The van der Waals surface area contributed by atoms with Crippen LogP contribution < -0.4 is 0 Å². The first kappa shape index (κ1) is 54.6. The second kappa shape index (κ2) is 23.8. The van der Waals surface area contributed by atoms with Gasteiger partial charge in [-0.2, -0.15) is 13.7 Å². The van der Waals surface area contributed by atoms with E-state index >= 15 is 0 Å². The topological polar surface area (TPSA) is 256 Å². The number of sulfone groups is 3. The number of oxime groups is 1. The van der Waals surface area contributed by atoms with Crippen LogP contribution in [0.25, 0.3) is 5.53 Å². The van der Waals surface area contributed by atoms with Crippen LogP contribution in [-0.4, -0.2) is 80.9 Å². The van der Waals surface area contributed by atoms with Gasteiger partial charge in [0.05, 0.1) is 22.0 Å². The van der Waals surface area contributed by atoms with Crippen molar-refractivity contribution in [3.05, 3.63) is 130 Å². The van der Waals surface area contributed by atoms with Crippen LogP contribution in [0.4, 0.5) is 0 Å². The molecule has 0 atom stereocenters. The summed E-state index contributed by atoms with van der Waals surface area (Å²) in [5.74, 6) is -0.397. The predicted octanol–water partition coefficient (Wildman–Crippen LogP) is 8.34. The molecule has 2 saturated carbocycles. The van der Waals surface area contributed by atoms with Crippen LogP contribution in [0.1, 0.15) is 111 Å². The zero-order chi connectivity index (χ0) is 49.6. The summed E-state index contributed by atoms with van der Waals surface area (Å²) in [6.07, 6.45) is 8.74. The lowest BCUT2D eigenvalue weighted by Crippen LogP contribution is -2.40. The molecule has 0 aliphatic heterocycles. The Hall–Kier alpha value is -5.00. The molecular weight excluding hydrogens is 957 g/mol. The summed E-state index contributed by atoms with van der Waals surface area (Å²) < 4.78 is 102. The first-order chi connectivity index (χ1) is 31.6. The largest absolute Gasteiger partial charge is 0.495 e. The van der Waals surface area contributed by atoms with Gasteiger partial charge in [0.25, 0.3) is 19.7 Å². The molecular formula is C47H56N4O11S5. The number of nitriles is 1. The Morgan fingerprint density at radius 3 is 1.55 bits per heavy atom. The van der Waals surface area contributed by atoms with Gasteiger partial charge in [-0.05, 0) is 102 Å². The van der Waals surface area contributed by atoms with E-state index in [1.165, 1.54) is 26.0 Å². The standard InChI is InChI=1S/C18H20O3S2.C16H14N2O4S.C13H22N2O4S2/c1-13-5-11-16(12-6-13)23(20,21)18(2,3)17(19)14-7-9-15(22-4)10-8-14;1-12-2-8-15(9-3-12)23(20,21)22-18-16(10-17)14-6-4-13(11-19)5-7-14;14-15-13(20(16,17)11-7-3-1-4-8-11)21(18,19)12-9-5-2-6-10-12/h5-12H,1-4H3;2-9,19H,11H2,1H3;11-12H,1-10H2/b;18-16+;. The minimum Gasteiger partial charge on any atom is -0.392 e. The molecule has 0 saturated heterocycles. The number of benzene rings is 4. The summed E-state index contributed by atoms with van der Waals surface area (Å²) in [6.45, 7) is 6.52. The van der Waals surface area contributed by atoms with Crippen molar-refractivity contribution >= 4 is 67.3 Å². The van der Waals surface area contributed by atoms with Crippen molar-refractivity contribution in [2.75, 3.05) is 6.26 Å². The molecule has 0 aromatic heterocycles.